The van der Waals surface area contributed by atoms with Crippen molar-refractivity contribution in [1.29, 1.82) is 0 Å². The van der Waals surface area contributed by atoms with E-state index in [1.54, 1.807) is 11.3 Å². The molecule has 0 spiro atoms. The fraction of sp³-hybridized carbons (Fsp3) is 0.583. The van der Waals surface area contributed by atoms with Crippen molar-refractivity contribution in [3.63, 3.8) is 0 Å². The van der Waals surface area contributed by atoms with Crippen LogP contribution in [0.3, 0.4) is 0 Å². The first-order chi connectivity index (χ1) is 7.84. The maximum Gasteiger partial charge on any atom is 0.315 e. The summed E-state index contributed by atoms with van der Waals surface area (Å²) in [5, 5.41) is 10.1. The quantitative estimate of drug-likeness (QED) is 0.831. The third-order valence-corrected chi connectivity index (χ3v) is 3.70. The van der Waals surface area contributed by atoms with Gasteiger partial charge in [-0.2, -0.15) is 11.3 Å². The van der Waals surface area contributed by atoms with Gasteiger partial charge in [-0.05, 0) is 41.7 Å². The van der Waals surface area contributed by atoms with Crippen LogP contribution in [0.5, 0.6) is 0 Å². The average molecular weight is 238 g/mol. The van der Waals surface area contributed by atoms with E-state index < -0.39 is 0 Å². The monoisotopic (exact) mass is 238 g/mol. The molecule has 3 nitrogen and oxygen atoms in total. The molecule has 0 atom stereocenters. The number of thiophene rings is 1. The Bertz CT molecular complexity index is 318. The molecule has 2 amide bonds. The van der Waals surface area contributed by atoms with E-state index in [1.807, 2.05) is 0 Å². The molecule has 0 bridgehead atoms. The standard InChI is InChI=1S/C12H18N2OS/c15-12(14-11-3-1-2-4-11)13-7-5-10-6-8-16-9-10/h6,8-9,11H,1-5,7H2,(H2,13,14,15). The van der Waals surface area contributed by atoms with Gasteiger partial charge in [0.25, 0.3) is 0 Å². The van der Waals surface area contributed by atoms with Gasteiger partial charge in [0, 0.05) is 12.6 Å². The van der Waals surface area contributed by atoms with Gasteiger partial charge in [-0.15, -0.1) is 0 Å². The first kappa shape index (κ1) is 11.5. The van der Waals surface area contributed by atoms with Crippen molar-refractivity contribution < 1.29 is 4.79 Å². The fourth-order valence-electron chi connectivity index (χ4n) is 2.06. The summed E-state index contributed by atoms with van der Waals surface area (Å²) in [6.07, 6.45) is 5.69. The number of carbonyl (C=O) groups is 1. The molecule has 1 heterocycles. The van der Waals surface area contributed by atoms with E-state index in [-0.39, 0.29) is 6.03 Å². The van der Waals surface area contributed by atoms with Crippen LogP contribution in [0.15, 0.2) is 16.8 Å². The molecule has 1 aromatic heterocycles. The van der Waals surface area contributed by atoms with E-state index in [2.05, 4.69) is 27.5 Å². The Kier molecular flexibility index (Phi) is 4.22. The Morgan fingerprint density at radius 1 is 1.44 bits per heavy atom. The van der Waals surface area contributed by atoms with Crippen molar-refractivity contribution in [2.75, 3.05) is 6.54 Å². The van der Waals surface area contributed by atoms with Crippen LogP contribution in [0.4, 0.5) is 4.79 Å². The molecule has 1 saturated carbocycles. The van der Waals surface area contributed by atoms with Gasteiger partial charge in [0.2, 0.25) is 0 Å². The summed E-state index contributed by atoms with van der Waals surface area (Å²) >= 11 is 1.70. The molecular formula is C12H18N2OS. The lowest BCUT2D eigenvalue weighted by atomic mass is 10.2. The number of amides is 2. The summed E-state index contributed by atoms with van der Waals surface area (Å²) in [5.74, 6) is 0. The minimum Gasteiger partial charge on any atom is -0.338 e. The highest BCUT2D eigenvalue weighted by Crippen LogP contribution is 2.17. The van der Waals surface area contributed by atoms with Crippen LogP contribution in [0.1, 0.15) is 31.2 Å². The molecule has 1 aliphatic carbocycles. The Morgan fingerprint density at radius 3 is 2.94 bits per heavy atom. The van der Waals surface area contributed by atoms with Crippen LogP contribution < -0.4 is 10.6 Å². The Labute approximate surface area is 100 Å². The SMILES string of the molecule is O=C(NCCc1ccsc1)NC1CCCC1. The second kappa shape index (κ2) is 5.89. The van der Waals surface area contributed by atoms with Crippen LogP contribution >= 0.6 is 11.3 Å². The second-order valence-electron chi connectivity index (χ2n) is 4.26. The van der Waals surface area contributed by atoms with Crippen LogP contribution in [0.25, 0.3) is 0 Å². The van der Waals surface area contributed by atoms with Gasteiger partial charge < -0.3 is 10.6 Å². The third kappa shape index (κ3) is 3.52. The number of hydrogen-bond acceptors (Lipinski definition) is 2. The van der Waals surface area contributed by atoms with Crippen molar-refractivity contribution in [1.82, 2.24) is 10.6 Å². The summed E-state index contributed by atoms with van der Waals surface area (Å²) in [6, 6.07) is 2.49. The molecule has 88 valence electrons. The number of hydrogen-bond donors (Lipinski definition) is 2. The van der Waals surface area contributed by atoms with Crippen LogP contribution in [-0.4, -0.2) is 18.6 Å². The minimum atomic E-state index is -0.0119. The molecule has 0 aliphatic heterocycles. The highest BCUT2D eigenvalue weighted by molar-refractivity contribution is 7.07. The van der Waals surface area contributed by atoms with Gasteiger partial charge in [-0.1, -0.05) is 12.8 Å². The summed E-state index contributed by atoms with van der Waals surface area (Å²) in [4.78, 5) is 11.5. The smallest absolute Gasteiger partial charge is 0.315 e. The van der Waals surface area contributed by atoms with Crippen LogP contribution in [0.2, 0.25) is 0 Å². The van der Waals surface area contributed by atoms with Gasteiger partial charge in [0.15, 0.2) is 0 Å². The van der Waals surface area contributed by atoms with E-state index in [0.717, 1.165) is 25.8 Å². The molecule has 2 rings (SSSR count). The van der Waals surface area contributed by atoms with E-state index in [0.29, 0.717) is 6.04 Å². The minimum absolute atomic E-state index is 0.0119. The molecule has 1 fully saturated rings. The molecule has 4 heteroatoms. The van der Waals surface area contributed by atoms with Crippen molar-refractivity contribution in [2.24, 2.45) is 0 Å². The largest absolute Gasteiger partial charge is 0.338 e. The predicted octanol–water partition coefficient (Wildman–Crippen LogP) is 2.53. The molecule has 0 saturated heterocycles. The van der Waals surface area contributed by atoms with Gasteiger partial charge in [0.1, 0.15) is 0 Å². The highest BCUT2D eigenvalue weighted by Gasteiger charge is 2.16. The fourth-order valence-corrected chi connectivity index (χ4v) is 2.76. The van der Waals surface area contributed by atoms with E-state index >= 15 is 0 Å². The maximum absolute atomic E-state index is 11.5. The molecular weight excluding hydrogens is 220 g/mol. The lowest BCUT2D eigenvalue weighted by Gasteiger charge is -2.12. The second-order valence-corrected chi connectivity index (χ2v) is 5.04. The number of carbonyl (C=O) groups excluding carboxylic acids is 1. The number of rotatable bonds is 4. The molecule has 0 unspecified atom stereocenters. The zero-order valence-electron chi connectivity index (χ0n) is 9.37. The van der Waals surface area contributed by atoms with Crippen LogP contribution in [0, 0.1) is 0 Å². The normalized spacial score (nSPS) is 16.2. The molecule has 0 radical (unpaired) electrons. The predicted molar refractivity (Wildman–Crippen MR) is 66.8 cm³/mol. The topological polar surface area (TPSA) is 41.1 Å². The van der Waals surface area contributed by atoms with E-state index in [4.69, 9.17) is 0 Å². The van der Waals surface area contributed by atoms with Gasteiger partial charge in [-0.3, -0.25) is 0 Å². The first-order valence-corrected chi connectivity index (χ1v) is 6.84. The van der Waals surface area contributed by atoms with Gasteiger partial charge in [0.05, 0.1) is 0 Å². The van der Waals surface area contributed by atoms with Crippen molar-refractivity contribution in [3.8, 4) is 0 Å². The third-order valence-electron chi connectivity index (χ3n) is 2.97. The summed E-state index contributed by atoms with van der Waals surface area (Å²) < 4.78 is 0. The zero-order valence-corrected chi connectivity index (χ0v) is 10.2. The molecule has 0 aromatic carbocycles. The average Bonchev–Trinajstić information content (AvgIpc) is 2.90. The number of urea groups is 1. The van der Waals surface area contributed by atoms with E-state index in [1.165, 1.54) is 18.4 Å². The summed E-state index contributed by atoms with van der Waals surface area (Å²) in [5.41, 5.74) is 1.30. The van der Waals surface area contributed by atoms with Crippen molar-refractivity contribution >= 4 is 17.4 Å². The molecule has 1 aromatic rings. The lowest BCUT2D eigenvalue weighted by molar-refractivity contribution is 0.237. The highest BCUT2D eigenvalue weighted by atomic mass is 32.1. The molecule has 1 aliphatic rings. The molecule has 2 N–H and O–H groups in total. The lowest BCUT2D eigenvalue weighted by Crippen LogP contribution is -2.41. The summed E-state index contributed by atoms with van der Waals surface area (Å²) in [7, 11) is 0. The Hall–Kier alpha value is -1.03. The summed E-state index contributed by atoms with van der Waals surface area (Å²) in [6.45, 7) is 0.718. The van der Waals surface area contributed by atoms with Crippen molar-refractivity contribution in [2.45, 2.75) is 38.1 Å². The van der Waals surface area contributed by atoms with Crippen molar-refractivity contribution in [3.05, 3.63) is 22.4 Å². The first-order valence-electron chi connectivity index (χ1n) is 5.90. The van der Waals surface area contributed by atoms with Crippen LogP contribution in [-0.2, 0) is 6.42 Å². The molecule has 16 heavy (non-hydrogen) atoms. The van der Waals surface area contributed by atoms with E-state index in [9.17, 15) is 4.79 Å². The Balaban J connectivity index is 1.60. The Morgan fingerprint density at radius 2 is 2.25 bits per heavy atom. The number of nitrogens with one attached hydrogen (secondary N) is 2. The van der Waals surface area contributed by atoms with Gasteiger partial charge >= 0.3 is 6.03 Å². The van der Waals surface area contributed by atoms with Gasteiger partial charge in [-0.25, -0.2) is 4.79 Å². The maximum atomic E-state index is 11.5. The zero-order chi connectivity index (χ0) is 11.2.